The number of hydrogen-bond donors (Lipinski definition) is 0. The number of esters is 1. The normalized spacial score (nSPS) is 18.3. The molecule has 2 rings (SSSR count). The second kappa shape index (κ2) is 7.67. The molecule has 0 aromatic heterocycles. The van der Waals surface area contributed by atoms with Gasteiger partial charge in [-0.3, -0.25) is 4.79 Å². The van der Waals surface area contributed by atoms with Crippen molar-refractivity contribution in [1.29, 1.82) is 0 Å². The molecule has 1 saturated heterocycles. The molecule has 0 bridgehead atoms. The van der Waals surface area contributed by atoms with Gasteiger partial charge >= 0.3 is 5.97 Å². The van der Waals surface area contributed by atoms with Gasteiger partial charge in [-0.15, -0.1) is 0 Å². The lowest BCUT2D eigenvalue weighted by Crippen LogP contribution is -2.49. The van der Waals surface area contributed by atoms with Gasteiger partial charge in [0.2, 0.25) is 0 Å². The molecule has 0 radical (unpaired) electrons. The predicted molar refractivity (Wildman–Crippen MR) is 75.2 cm³/mol. The third-order valence-corrected chi connectivity index (χ3v) is 3.79. The molecule has 1 aromatic carbocycles. The van der Waals surface area contributed by atoms with E-state index in [1.807, 2.05) is 30.3 Å². The number of hydrogen-bond acceptors (Lipinski definition) is 4. The average molecular weight is 290 g/mol. The number of piperidine rings is 1. The van der Waals surface area contributed by atoms with E-state index < -0.39 is 6.09 Å². The van der Waals surface area contributed by atoms with Crippen LogP contribution in [-0.4, -0.2) is 29.5 Å². The van der Waals surface area contributed by atoms with Gasteiger partial charge in [0.15, 0.2) is 0 Å². The molecule has 1 amide bonds. The van der Waals surface area contributed by atoms with Gasteiger partial charge in [-0.2, -0.15) is 0 Å². The standard InChI is InChI=1S/C16H21NO4/c18-15(21-12-13-6-2-1-3-7-13)10-9-14-8-4-5-11-17(14)16(19)20/h1-3,6-7,14H,4-5,8-12H2,(H,19,20)/p-1. The summed E-state index contributed by atoms with van der Waals surface area (Å²) in [7, 11) is 0. The third-order valence-electron chi connectivity index (χ3n) is 3.79. The van der Waals surface area contributed by atoms with E-state index in [1.165, 1.54) is 4.90 Å². The number of ether oxygens (including phenoxy) is 1. The van der Waals surface area contributed by atoms with Crippen molar-refractivity contribution in [2.45, 2.75) is 44.8 Å². The first kappa shape index (κ1) is 15.4. The van der Waals surface area contributed by atoms with Gasteiger partial charge in [-0.05, 0) is 31.2 Å². The van der Waals surface area contributed by atoms with Crippen molar-refractivity contribution in [3.05, 3.63) is 35.9 Å². The van der Waals surface area contributed by atoms with E-state index in [4.69, 9.17) is 4.74 Å². The summed E-state index contributed by atoms with van der Waals surface area (Å²) >= 11 is 0. The summed E-state index contributed by atoms with van der Waals surface area (Å²) < 4.78 is 5.19. The van der Waals surface area contributed by atoms with Crippen molar-refractivity contribution in [2.24, 2.45) is 0 Å². The van der Waals surface area contributed by atoms with E-state index in [2.05, 4.69) is 0 Å². The van der Waals surface area contributed by atoms with Crippen LogP contribution in [0.25, 0.3) is 0 Å². The minimum atomic E-state index is -1.14. The van der Waals surface area contributed by atoms with Crippen LogP contribution in [-0.2, 0) is 16.1 Å². The first-order chi connectivity index (χ1) is 10.2. The highest BCUT2D eigenvalue weighted by atomic mass is 16.5. The fourth-order valence-electron chi connectivity index (χ4n) is 2.64. The maximum Gasteiger partial charge on any atom is 0.306 e. The van der Waals surface area contributed by atoms with Crippen molar-refractivity contribution >= 4 is 12.1 Å². The first-order valence-electron chi connectivity index (χ1n) is 7.34. The largest absolute Gasteiger partial charge is 0.530 e. The summed E-state index contributed by atoms with van der Waals surface area (Å²) in [6, 6.07) is 9.36. The zero-order valence-electron chi connectivity index (χ0n) is 12.0. The number of rotatable bonds is 5. The van der Waals surface area contributed by atoms with Gasteiger partial charge in [0.1, 0.15) is 12.7 Å². The fourth-order valence-corrected chi connectivity index (χ4v) is 2.64. The minimum Gasteiger partial charge on any atom is -0.530 e. The zero-order valence-corrected chi connectivity index (χ0v) is 12.0. The molecule has 21 heavy (non-hydrogen) atoms. The molecular weight excluding hydrogens is 270 g/mol. The van der Waals surface area contributed by atoms with Gasteiger partial charge in [0.05, 0.1) is 0 Å². The van der Waals surface area contributed by atoms with Crippen molar-refractivity contribution in [1.82, 2.24) is 4.90 Å². The smallest absolute Gasteiger partial charge is 0.306 e. The average Bonchev–Trinajstić information content (AvgIpc) is 2.52. The maximum absolute atomic E-state index is 11.7. The second-order valence-electron chi connectivity index (χ2n) is 5.29. The van der Waals surface area contributed by atoms with E-state index in [0.29, 0.717) is 13.0 Å². The van der Waals surface area contributed by atoms with Crippen LogP contribution in [0.1, 0.15) is 37.7 Å². The van der Waals surface area contributed by atoms with Crippen LogP contribution < -0.4 is 5.11 Å². The maximum atomic E-state index is 11.7. The highest BCUT2D eigenvalue weighted by molar-refractivity contribution is 5.69. The van der Waals surface area contributed by atoms with Crippen LogP contribution in [0.5, 0.6) is 0 Å². The predicted octanol–water partition coefficient (Wildman–Crippen LogP) is 1.71. The number of nitrogens with zero attached hydrogens (tertiary/aromatic N) is 1. The topological polar surface area (TPSA) is 69.7 Å². The van der Waals surface area contributed by atoms with Crippen LogP contribution >= 0.6 is 0 Å². The Hall–Kier alpha value is -2.04. The van der Waals surface area contributed by atoms with E-state index in [1.54, 1.807) is 0 Å². The van der Waals surface area contributed by atoms with Gasteiger partial charge < -0.3 is 19.5 Å². The lowest BCUT2D eigenvalue weighted by atomic mass is 9.98. The molecule has 114 valence electrons. The molecule has 1 fully saturated rings. The van der Waals surface area contributed by atoms with Gasteiger partial charge in [0.25, 0.3) is 0 Å². The first-order valence-corrected chi connectivity index (χ1v) is 7.34. The number of likely N-dealkylation sites (tertiary alicyclic amines) is 1. The zero-order chi connectivity index (χ0) is 15.1. The number of amides is 1. The highest BCUT2D eigenvalue weighted by Gasteiger charge is 2.23. The Bertz CT molecular complexity index is 474. The quantitative estimate of drug-likeness (QED) is 0.774. The summed E-state index contributed by atoms with van der Waals surface area (Å²) in [4.78, 5) is 24.1. The molecule has 0 spiro atoms. The van der Waals surface area contributed by atoms with Crippen LogP contribution in [0, 0.1) is 0 Å². The van der Waals surface area contributed by atoms with Crippen molar-refractivity contribution in [3.8, 4) is 0 Å². The third kappa shape index (κ3) is 4.77. The number of carbonyl (C=O) groups is 2. The summed E-state index contributed by atoms with van der Waals surface area (Å²) in [5.74, 6) is -0.289. The summed E-state index contributed by atoms with van der Waals surface area (Å²) in [6.45, 7) is 0.764. The van der Waals surface area contributed by atoms with Crippen molar-refractivity contribution in [3.63, 3.8) is 0 Å². The van der Waals surface area contributed by atoms with Crippen LogP contribution in [0.2, 0.25) is 0 Å². The van der Waals surface area contributed by atoms with Crippen LogP contribution in [0.3, 0.4) is 0 Å². The molecule has 1 aliphatic heterocycles. The van der Waals surface area contributed by atoms with E-state index in [9.17, 15) is 14.7 Å². The monoisotopic (exact) mass is 290 g/mol. The number of carboxylic acid groups (broad SMARTS) is 1. The van der Waals surface area contributed by atoms with Gasteiger partial charge in [0, 0.05) is 19.0 Å². The Morgan fingerprint density at radius 3 is 2.71 bits per heavy atom. The van der Waals surface area contributed by atoms with E-state index >= 15 is 0 Å². The van der Waals surface area contributed by atoms with Crippen LogP contribution in [0.15, 0.2) is 30.3 Å². The van der Waals surface area contributed by atoms with Gasteiger partial charge in [-0.25, -0.2) is 0 Å². The summed E-state index contributed by atoms with van der Waals surface area (Å²) in [5, 5.41) is 11.0. The van der Waals surface area contributed by atoms with Gasteiger partial charge in [-0.1, -0.05) is 30.3 Å². The number of carbonyl (C=O) groups excluding carboxylic acids is 2. The van der Waals surface area contributed by atoms with Crippen LogP contribution in [0.4, 0.5) is 4.79 Å². The Kier molecular flexibility index (Phi) is 5.60. The number of benzene rings is 1. The lowest BCUT2D eigenvalue weighted by Gasteiger charge is -2.37. The summed E-state index contributed by atoms with van der Waals surface area (Å²) in [5.41, 5.74) is 0.944. The van der Waals surface area contributed by atoms with E-state index in [0.717, 1.165) is 24.8 Å². The molecule has 0 aliphatic carbocycles. The Balaban J connectivity index is 1.74. The molecule has 5 heteroatoms. The minimum absolute atomic E-state index is 0.118. The van der Waals surface area contributed by atoms with E-state index in [-0.39, 0.29) is 25.0 Å². The highest BCUT2D eigenvalue weighted by Crippen LogP contribution is 2.20. The molecule has 1 atom stereocenters. The molecule has 1 unspecified atom stereocenters. The lowest BCUT2D eigenvalue weighted by molar-refractivity contribution is -0.269. The summed E-state index contributed by atoms with van der Waals surface area (Å²) in [6.07, 6.45) is 2.25. The SMILES string of the molecule is O=C(CCC1CCCCN1C(=O)[O-])OCc1ccccc1. The molecule has 1 heterocycles. The Morgan fingerprint density at radius 1 is 1.24 bits per heavy atom. The molecule has 5 nitrogen and oxygen atoms in total. The Morgan fingerprint density at radius 2 is 2.00 bits per heavy atom. The molecule has 1 aliphatic rings. The van der Waals surface area contributed by atoms with Crippen molar-refractivity contribution in [2.75, 3.05) is 6.54 Å². The molecular formula is C16H20NO4-. The fraction of sp³-hybridized carbons (Fsp3) is 0.500. The molecule has 0 saturated carbocycles. The molecule has 0 N–H and O–H groups in total. The second-order valence-corrected chi connectivity index (χ2v) is 5.29. The van der Waals surface area contributed by atoms with Crippen molar-refractivity contribution < 1.29 is 19.4 Å². The molecule has 1 aromatic rings. The Labute approximate surface area is 124 Å².